The fourth-order valence-electron chi connectivity index (χ4n) is 3.68. The van der Waals surface area contributed by atoms with E-state index in [0.717, 1.165) is 11.3 Å². The molecule has 3 heterocycles. The van der Waals surface area contributed by atoms with E-state index >= 15 is 0 Å². The highest BCUT2D eigenvalue weighted by molar-refractivity contribution is 9.10. The van der Waals surface area contributed by atoms with Gasteiger partial charge in [-0.15, -0.1) is 0 Å². The molecule has 2 aromatic rings. The molecule has 4 rings (SSSR count). The van der Waals surface area contributed by atoms with Crippen molar-refractivity contribution in [1.29, 1.82) is 5.26 Å². The van der Waals surface area contributed by atoms with Crippen LogP contribution in [0.3, 0.4) is 0 Å². The molecule has 0 saturated carbocycles. The summed E-state index contributed by atoms with van der Waals surface area (Å²) in [5, 5.41) is 20.9. The third-order valence-electron chi connectivity index (χ3n) is 5.06. The summed E-state index contributed by atoms with van der Waals surface area (Å²) in [5.74, 6) is 1.42. The molecule has 7 nitrogen and oxygen atoms in total. The van der Waals surface area contributed by atoms with Crippen LogP contribution in [0.25, 0.3) is 0 Å². The number of phenols is 1. The van der Waals surface area contributed by atoms with E-state index < -0.39 is 0 Å². The van der Waals surface area contributed by atoms with Gasteiger partial charge in [0.2, 0.25) is 5.91 Å². The van der Waals surface area contributed by atoms with Crippen LogP contribution in [-0.4, -0.2) is 40.0 Å². The standard InChI is InChI=1S/C21H20BrN3O4S/c1-2-28-18-7-13(6-17(22)20(18)27)15-8-19(26)25-11-24(10-14-4-3-5-29-14)12-30-21(25)16(15)9-23/h3-7,15,27H,2,8,10-12H2,1H3. The van der Waals surface area contributed by atoms with Crippen LogP contribution < -0.4 is 4.74 Å². The second kappa shape index (κ2) is 8.76. The van der Waals surface area contributed by atoms with Crippen LogP contribution >= 0.6 is 27.7 Å². The summed E-state index contributed by atoms with van der Waals surface area (Å²) >= 11 is 4.84. The fourth-order valence-corrected chi connectivity index (χ4v) is 5.27. The lowest BCUT2D eigenvalue weighted by Gasteiger charge is -2.41. The summed E-state index contributed by atoms with van der Waals surface area (Å²) in [6.07, 6.45) is 1.82. The van der Waals surface area contributed by atoms with Gasteiger partial charge < -0.3 is 14.3 Å². The number of amides is 1. The van der Waals surface area contributed by atoms with Crippen molar-refractivity contribution < 1.29 is 19.1 Å². The highest BCUT2D eigenvalue weighted by Gasteiger charge is 2.38. The van der Waals surface area contributed by atoms with Crippen molar-refractivity contribution in [2.45, 2.75) is 25.8 Å². The summed E-state index contributed by atoms with van der Waals surface area (Å²) < 4.78 is 11.4. The number of carbonyl (C=O) groups excluding carboxylic acids is 1. The first-order valence-electron chi connectivity index (χ1n) is 9.49. The quantitative estimate of drug-likeness (QED) is 0.666. The van der Waals surface area contributed by atoms with E-state index in [-0.39, 0.29) is 24.0 Å². The van der Waals surface area contributed by atoms with E-state index in [1.54, 1.807) is 23.3 Å². The largest absolute Gasteiger partial charge is 0.503 e. The second-order valence-electron chi connectivity index (χ2n) is 7.01. The van der Waals surface area contributed by atoms with E-state index in [1.807, 2.05) is 19.1 Å². The van der Waals surface area contributed by atoms with Crippen molar-refractivity contribution in [2.75, 3.05) is 19.2 Å². The molecule has 2 aliphatic heterocycles. The number of benzene rings is 1. The molecule has 2 aliphatic rings. The number of thioether (sulfide) groups is 1. The molecule has 0 spiro atoms. The number of aromatic hydroxyl groups is 1. The molecule has 0 radical (unpaired) electrons. The normalized spacial score (nSPS) is 19.6. The lowest BCUT2D eigenvalue weighted by molar-refractivity contribution is -0.132. The van der Waals surface area contributed by atoms with E-state index in [2.05, 4.69) is 26.9 Å². The lowest BCUT2D eigenvalue weighted by Crippen LogP contribution is -2.46. The number of halogens is 1. The highest BCUT2D eigenvalue weighted by atomic mass is 79.9. The van der Waals surface area contributed by atoms with Crippen LogP contribution in [0.15, 0.2) is 50.0 Å². The molecule has 9 heteroatoms. The van der Waals surface area contributed by atoms with Crippen molar-refractivity contribution in [3.63, 3.8) is 0 Å². The van der Waals surface area contributed by atoms with Gasteiger partial charge in [0.05, 0.1) is 53.1 Å². The number of ether oxygens (including phenoxy) is 1. The second-order valence-corrected chi connectivity index (χ2v) is 8.80. The summed E-state index contributed by atoms with van der Waals surface area (Å²) in [7, 11) is 0. The minimum absolute atomic E-state index is 0.0103. The van der Waals surface area contributed by atoms with Gasteiger partial charge in [0.15, 0.2) is 11.5 Å². The molecule has 1 atom stereocenters. The predicted octanol–water partition coefficient (Wildman–Crippen LogP) is 4.36. The lowest BCUT2D eigenvalue weighted by atomic mass is 9.86. The fraction of sp³-hybridized carbons (Fsp3) is 0.333. The Morgan fingerprint density at radius 2 is 2.30 bits per heavy atom. The maximum atomic E-state index is 13.0. The maximum absolute atomic E-state index is 13.0. The number of phenolic OH excluding ortho intramolecular Hbond substituents is 1. The Hall–Kier alpha value is -2.41. The van der Waals surface area contributed by atoms with Gasteiger partial charge in [-0.25, -0.2) is 0 Å². The zero-order valence-electron chi connectivity index (χ0n) is 16.3. The Balaban J connectivity index is 1.64. The van der Waals surface area contributed by atoms with Gasteiger partial charge in [-0.2, -0.15) is 5.26 Å². The first-order valence-corrected chi connectivity index (χ1v) is 11.3. The minimum Gasteiger partial charge on any atom is -0.503 e. The summed E-state index contributed by atoms with van der Waals surface area (Å²) in [5.41, 5.74) is 1.33. The van der Waals surface area contributed by atoms with Gasteiger partial charge >= 0.3 is 0 Å². The van der Waals surface area contributed by atoms with Gasteiger partial charge in [0.25, 0.3) is 0 Å². The SMILES string of the molecule is CCOc1cc(C2CC(=O)N3CN(Cc4ccco4)CSC3=C2C#N)cc(Br)c1O. The number of rotatable bonds is 5. The van der Waals surface area contributed by atoms with Crippen LogP contribution in [0.2, 0.25) is 0 Å². The van der Waals surface area contributed by atoms with Gasteiger partial charge in [0, 0.05) is 12.3 Å². The smallest absolute Gasteiger partial charge is 0.229 e. The van der Waals surface area contributed by atoms with E-state index in [4.69, 9.17) is 9.15 Å². The summed E-state index contributed by atoms with van der Waals surface area (Å²) in [6.45, 7) is 3.25. The number of allylic oxidation sites excluding steroid dienone is 1. The molecule has 1 N–H and O–H groups in total. The molecule has 30 heavy (non-hydrogen) atoms. The third-order valence-corrected chi connectivity index (χ3v) is 6.87. The molecular weight excluding hydrogens is 470 g/mol. The predicted molar refractivity (Wildman–Crippen MR) is 115 cm³/mol. The third kappa shape index (κ3) is 3.95. The van der Waals surface area contributed by atoms with E-state index in [0.29, 0.717) is 46.5 Å². The molecular formula is C21H20BrN3O4S. The Morgan fingerprint density at radius 1 is 1.47 bits per heavy atom. The Kier molecular flexibility index (Phi) is 6.09. The van der Waals surface area contributed by atoms with Crippen LogP contribution in [0, 0.1) is 11.3 Å². The Bertz CT molecular complexity index is 1030. The van der Waals surface area contributed by atoms with Gasteiger partial charge in [0.1, 0.15) is 5.76 Å². The Morgan fingerprint density at radius 3 is 3.00 bits per heavy atom. The van der Waals surface area contributed by atoms with E-state index in [9.17, 15) is 15.2 Å². The van der Waals surface area contributed by atoms with Gasteiger partial charge in [-0.05, 0) is 52.7 Å². The van der Waals surface area contributed by atoms with E-state index in [1.165, 1.54) is 11.8 Å². The monoisotopic (exact) mass is 489 g/mol. The molecule has 1 unspecified atom stereocenters. The molecule has 1 amide bonds. The number of fused-ring (bicyclic) bond motifs is 1. The van der Waals surface area contributed by atoms with Gasteiger partial charge in [-0.3, -0.25) is 14.6 Å². The average Bonchev–Trinajstić information content (AvgIpc) is 3.24. The van der Waals surface area contributed by atoms with Crippen molar-refractivity contribution in [3.05, 3.63) is 56.9 Å². The summed E-state index contributed by atoms with van der Waals surface area (Å²) in [4.78, 5) is 16.8. The first kappa shape index (κ1) is 20.8. The number of furan rings is 1. The Labute approximate surface area is 187 Å². The first-order chi connectivity index (χ1) is 14.5. The topological polar surface area (TPSA) is 89.9 Å². The van der Waals surface area contributed by atoms with Crippen LogP contribution in [0.4, 0.5) is 0 Å². The molecule has 1 aromatic carbocycles. The molecule has 0 bridgehead atoms. The van der Waals surface area contributed by atoms with Crippen LogP contribution in [0.5, 0.6) is 11.5 Å². The van der Waals surface area contributed by atoms with Gasteiger partial charge in [-0.1, -0.05) is 11.8 Å². The number of nitrogens with zero attached hydrogens (tertiary/aromatic N) is 3. The van der Waals surface area contributed by atoms with Crippen molar-refractivity contribution >= 4 is 33.6 Å². The highest BCUT2D eigenvalue weighted by Crippen LogP contribution is 2.45. The average molecular weight is 490 g/mol. The molecule has 1 saturated heterocycles. The molecule has 1 fully saturated rings. The number of carbonyl (C=O) groups is 1. The van der Waals surface area contributed by atoms with Crippen molar-refractivity contribution in [3.8, 4) is 17.6 Å². The zero-order valence-corrected chi connectivity index (χ0v) is 18.7. The van der Waals surface area contributed by atoms with Crippen LogP contribution in [0.1, 0.15) is 30.6 Å². The molecule has 1 aromatic heterocycles. The number of hydrogen-bond acceptors (Lipinski definition) is 7. The number of nitriles is 1. The maximum Gasteiger partial charge on any atom is 0.229 e. The van der Waals surface area contributed by atoms with Crippen LogP contribution in [-0.2, 0) is 11.3 Å². The zero-order chi connectivity index (χ0) is 21.3. The van der Waals surface area contributed by atoms with Crippen molar-refractivity contribution in [2.24, 2.45) is 0 Å². The summed E-state index contributed by atoms with van der Waals surface area (Å²) in [6, 6.07) is 9.54. The molecule has 0 aliphatic carbocycles. The number of hydrogen-bond donors (Lipinski definition) is 1. The molecule has 156 valence electrons. The minimum atomic E-state index is -0.381. The van der Waals surface area contributed by atoms with Crippen molar-refractivity contribution in [1.82, 2.24) is 9.80 Å².